The number of hydrogen-bond acceptors (Lipinski definition) is 3. The molecule has 164 valence electrons. The van der Waals surface area contributed by atoms with Gasteiger partial charge in [-0.3, -0.25) is 14.5 Å². The molecule has 3 heterocycles. The van der Waals surface area contributed by atoms with Gasteiger partial charge in [0.05, 0.1) is 17.6 Å². The van der Waals surface area contributed by atoms with Crippen LogP contribution in [0.15, 0.2) is 64.4 Å². The van der Waals surface area contributed by atoms with E-state index >= 15 is 0 Å². The third-order valence-electron chi connectivity index (χ3n) is 6.47. The van der Waals surface area contributed by atoms with E-state index in [4.69, 9.17) is 0 Å². The summed E-state index contributed by atoms with van der Waals surface area (Å²) in [7, 11) is 0. The van der Waals surface area contributed by atoms with Crippen molar-refractivity contribution in [2.75, 3.05) is 11.9 Å². The quantitative estimate of drug-likeness (QED) is 0.512. The van der Waals surface area contributed by atoms with Crippen LogP contribution in [-0.2, 0) is 16.1 Å². The Balaban J connectivity index is 1.75. The standard InChI is InChI=1S/C26H26BrN3O2/c1-15(2)11-12-29-13-19-23(17-7-9-18(27)10-8-17)25-21(14-30(16(3)31)26(25)32)28-20-5-4-6-22(29)24(19)20/h4-10,13,15,23,28H,11-12,14H2,1-3H3/t23-/m0/s1. The number of rotatable bonds is 4. The summed E-state index contributed by atoms with van der Waals surface area (Å²) < 4.78 is 3.31. The molecular formula is C26H26BrN3O2. The number of aryl methyl sites for hydroxylation is 1. The average Bonchev–Trinajstić information content (AvgIpc) is 3.23. The Morgan fingerprint density at radius 1 is 1.19 bits per heavy atom. The highest BCUT2D eigenvalue weighted by atomic mass is 79.9. The van der Waals surface area contributed by atoms with E-state index < -0.39 is 0 Å². The highest BCUT2D eigenvalue weighted by Crippen LogP contribution is 2.46. The smallest absolute Gasteiger partial charge is 0.259 e. The Morgan fingerprint density at radius 2 is 1.94 bits per heavy atom. The first-order valence-corrected chi connectivity index (χ1v) is 11.8. The van der Waals surface area contributed by atoms with Gasteiger partial charge in [-0.15, -0.1) is 0 Å². The first kappa shape index (κ1) is 21.0. The second-order valence-corrected chi connectivity index (χ2v) is 9.99. The van der Waals surface area contributed by atoms with Gasteiger partial charge in [0.2, 0.25) is 5.91 Å². The minimum absolute atomic E-state index is 0.205. The summed E-state index contributed by atoms with van der Waals surface area (Å²) in [5.74, 6) is -0.0766. The van der Waals surface area contributed by atoms with E-state index in [1.54, 1.807) is 0 Å². The van der Waals surface area contributed by atoms with E-state index in [2.05, 4.69) is 76.2 Å². The van der Waals surface area contributed by atoms with Crippen molar-refractivity contribution < 1.29 is 9.59 Å². The van der Waals surface area contributed by atoms with Gasteiger partial charge in [-0.2, -0.15) is 0 Å². The highest BCUT2D eigenvalue weighted by Gasteiger charge is 2.41. The molecule has 0 saturated heterocycles. The van der Waals surface area contributed by atoms with E-state index in [9.17, 15) is 9.59 Å². The molecule has 2 amide bonds. The molecule has 32 heavy (non-hydrogen) atoms. The van der Waals surface area contributed by atoms with Crippen molar-refractivity contribution >= 4 is 44.3 Å². The molecule has 2 aliphatic rings. The van der Waals surface area contributed by atoms with E-state index in [0.29, 0.717) is 11.5 Å². The number of anilines is 1. The number of carbonyl (C=O) groups is 2. The van der Waals surface area contributed by atoms with Gasteiger partial charge in [-0.1, -0.05) is 48.0 Å². The number of imide groups is 1. The molecule has 0 bridgehead atoms. The van der Waals surface area contributed by atoms with Gasteiger partial charge in [0.25, 0.3) is 5.91 Å². The molecule has 1 N–H and O–H groups in total. The number of aromatic nitrogens is 1. The molecule has 1 aromatic heterocycles. The maximum atomic E-state index is 13.5. The van der Waals surface area contributed by atoms with Gasteiger partial charge >= 0.3 is 0 Å². The van der Waals surface area contributed by atoms with Crippen LogP contribution in [0.2, 0.25) is 0 Å². The van der Waals surface area contributed by atoms with Crippen LogP contribution in [0.4, 0.5) is 5.69 Å². The molecule has 3 aromatic rings. The number of hydrogen-bond donors (Lipinski definition) is 1. The van der Waals surface area contributed by atoms with Gasteiger partial charge in [0, 0.05) is 46.8 Å². The third-order valence-corrected chi connectivity index (χ3v) is 7.00. The molecule has 6 heteroatoms. The van der Waals surface area contributed by atoms with Crippen molar-refractivity contribution in [2.45, 2.75) is 39.7 Å². The van der Waals surface area contributed by atoms with Crippen molar-refractivity contribution in [1.29, 1.82) is 0 Å². The molecule has 0 radical (unpaired) electrons. The molecule has 0 spiro atoms. The zero-order valence-electron chi connectivity index (χ0n) is 18.5. The monoisotopic (exact) mass is 491 g/mol. The molecule has 0 unspecified atom stereocenters. The van der Waals surface area contributed by atoms with Crippen LogP contribution in [0.3, 0.4) is 0 Å². The van der Waals surface area contributed by atoms with Crippen LogP contribution in [0.5, 0.6) is 0 Å². The fraction of sp³-hybridized carbons (Fsp3) is 0.308. The molecule has 5 rings (SSSR count). The minimum atomic E-state index is -0.242. The Kier molecular flexibility index (Phi) is 5.20. The summed E-state index contributed by atoms with van der Waals surface area (Å²) >= 11 is 3.53. The molecule has 1 atom stereocenters. The fourth-order valence-corrected chi connectivity index (χ4v) is 5.12. The van der Waals surface area contributed by atoms with Gasteiger partial charge in [-0.05, 0) is 47.7 Å². The lowest BCUT2D eigenvalue weighted by molar-refractivity contribution is -0.139. The van der Waals surface area contributed by atoms with Crippen LogP contribution in [0, 0.1) is 5.92 Å². The molecule has 0 aliphatic carbocycles. The second kappa shape index (κ2) is 7.93. The zero-order valence-corrected chi connectivity index (χ0v) is 20.1. The largest absolute Gasteiger partial charge is 0.356 e. The summed E-state index contributed by atoms with van der Waals surface area (Å²) in [5.41, 5.74) is 5.80. The predicted octanol–water partition coefficient (Wildman–Crippen LogP) is 5.65. The van der Waals surface area contributed by atoms with Crippen LogP contribution in [-0.4, -0.2) is 27.8 Å². The Labute approximate surface area is 196 Å². The Hall–Kier alpha value is -2.86. The number of nitrogens with zero attached hydrogens (tertiary/aromatic N) is 2. The topological polar surface area (TPSA) is 54.3 Å². The van der Waals surface area contributed by atoms with E-state index in [-0.39, 0.29) is 24.3 Å². The van der Waals surface area contributed by atoms with Crippen molar-refractivity contribution in [3.05, 3.63) is 75.5 Å². The summed E-state index contributed by atoms with van der Waals surface area (Å²) in [6.45, 7) is 7.12. The van der Waals surface area contributed by atoms with Crippen LogP contribution in [0.1, 0.15) is 44.2 Å². The van der Waals surface area contributed by atoms with E-state index in [1.165, 1.54) is 17.3 Å². The number of benzene rings is 2. The molecule has 5 nitrogen and oxygen atoms in total. The summed E-state index contributed by atoms with van der Waals surface area (Å²) in [4.78, 5) is 27.0. The SMILES string of the molecule is CC(=O)N1CC2=C(C1=O)[C@@H](c1ccc(Br)cc1)c1cn(CCC(C)C)c3cccc(c13)N2. The molecule has 2 aromatic carbocycles. The van der Waals surface area contributed by atoms with E-state index in [0.717, 1.165) is 45.3 Å². The minimum Gasteiger partial charge on any atom is -0.356 e. The lowest BCUT2D eigenvalue weighted by Gasteiger charge is -2.19. The average molecular weight is 492 g/mol. The van der Waals surface area contributed by atoms with Gasteiger partial charge < -0.3 is 9.88 Å². The van der Waals surface area contributed by atoms with Crippen LogP contribution in [0.25, 0.3) is 10.9 Å². The van der Waals surface area contributed by atoms with Crippen LogP contribution < -0.4 is 5.32 Å². The number of amides is 2. The van der Waals surface area contributed by atoms with Crippen molar-refractivity contribution in [3.63, 3.8) is 0 Å². The normalized spacial score (nSPS) is 17.7. The van der Waals surface area contributed by atoms with Gasteiger partial charge in [0.15, 0.2) is 0 Å². The molecule has 0 saturated carbocycles. The summed E-state index contributed by atoms with van der Waals surface area (Å²) in [6.07, 6.45) is 3.29. The number of carbonyl (C=O) groups excluding carboxylic acids is 2. The number of halogens is 1. The fourth-order valence-electron chi connectivity index (χ4n) is 4.86. The number of nitrogens with one attached hydrogen (secondary N) is 1. The van der Waals surface area contributed by atoms with Gasteiger partial charge in [0.1, 0.15) is 0 Å². The first-order valence-electron chi connectivity index (χ1n) is 11.0. The van der Waals surface area contributed by atoms with E-state index in [1.807, 2.05) is 12.1 Å². The summed E-state index contributed by atoms with van der Waals surface area (Å²) in [6, 6.07) is 14.4. The second-order valence-electron chi connectivity index (χ2n) is 9.07. The Bertz CT molecular complexity index is 1270. The van der Waals surface area contributed by atoms with Crippen molar-refractivity contribution in [3.8, 4) is 0 Å². The summed E-state index contributed by atoms with van der Waals surface area (Å²) in [5, 5.41) is 4.69. The molecular weight excluding hydrogens is 466 g/mol. The zero-order chi connectivity index (χ0) is 22.6. The van der Waals surface area contributed by atoms with Gasteiger partial charge in [-0.25, -0.2) is 0 Å². The third kappa shape index (κ3) is 3.37. The lowest BCUT2D eigenvalue weighted by atomic mass is 9.84. The Morgan fingerprint density at radius 3 is 2.62 bits per heavy atom. The lowest BCUT2D eigenvalue weighted by Crippen LogP contribution is -2.33. The first-order chi connectivity index (χ1) is 15.3. The maximum absolute atomic E-state index is 13.5. The molecule has 2 aliphatic heterocycles. The highest BCUT2D eigenvalue weighted by molar-refractivity contribution is 9.10. The maximum Gasteiger partial charge on any atom is 0.259 e. The predicted molar refractivity (Wildman–Crippen MR) is 130 cm³/mol. The molecule has 0 fully saturated rings. The van der Waals surface area contributed by atoms with Crippen LogP contribution >= 0.6 is 15.9 Å². The van der Waals surface area contributed by atoms with Crippen molar-refractivity contribution in [1.82, 2.24) is 9.47 Å². The van der Waals surface area contributed by atoms with Crippen molar-refractivity contribution in [2.24, 2.45) is 5.92 Å².